The van der Waals surface area contributed by atoms with Crippen LogP contribution >= 0.6 is 0 Å². The molecule has 17 heteroatoms. The Morgan fingerprint density at radius 1 is 0.528 bits per heavy atom. The molecular formula is C36H66GeN2O14. The van der Waals surface area contributed by atoms with Gasteiger partial charge in [0, 0.05) is 0 Å². The van der Waals surface area contributed by atoms with E-state index in [1.54, 1.807) is 0 Å². The Labute approximate surface area is 314 Å². The first-order chi connectivity index (χ1) is 25.0. The summed E-state index contributed by atoms with van der Waals surface area (Å²) in [4.78, 5) is 75.3. The van der Waals surface area contributed by atoms with E-state index in [0.29, 0.717) is 0 Å². The van der Waals surface area contributed by atoms with Gasteiger partial charge in [0.1, 0.15) is 0 Å². The number of fused-ring (bicyclic) bond motifs is 2. The van der Waals surface area contributed by atoms with Crippen molar-refractivity contribution in [2.45, 2.75) is 155 Å². The van der Waals surface area contributed by atoms with Crippen LogP contribution in [0.25, 0.3) is 0 Å². The number of unbranched alkanes of at least 4 members (excludes halogenated alkanes) is 6. The molecule has 53 heavy (non-hydrogen) atoms. The molecule has 0 amide bonds. The Balaban J connectivity index is 0.000000316. The van der Waals surface area contributed by atoms with Crippen molar-refractivity contribution in [1.29, 1.82) is 0 Å². The molecule has 0 aromatic heterocycles. The van der Waals surface area contributed by atoms with Crippen molar-refractivity contribution in [3.05, 3.63) is 0 Å². The fourth-order valence-corrected chi connectivity index (χ4v) is 17.4. The number of carboxylic acid groups (broad SMARTS) is 2. The van der Waals surface area contributed by atoms with Gasteiger partial charge in [0.15, 0.2) is 0 Å². The molecule has 0 aromatic rings. The molecule has 1 spiro atoms. The maximum absolute atomic E-state index is 12.5. The minimum atomic E-state index is -7.96. The number of carbonyl (C=O) groups excluding carboxylic acids is 4. The van der Waals surface area contributed by atoms with Gasteiger partial charge in [-0.15, -0.1) is 0 Å². The molecule has 4 fully saturated rings. The quantitative estimate of drug-likeness (QED) is 0.116. The van der Waals surface area contributed by atoms with Crippen LogP contribution in [0.15, 0.2) is 0 Å². The van der Waals surface area contributed by atoms with Gasteiger partial charge in [-0.25, -0.2) is 0 Å². The molecule has 4 aliphatic rings. The number of rotatable bonds is 22. The van der Waals surface area contributed by atoms with Crippen molar-refractivity contribution in [3.8, 4) is 0 Å². The van der Waals surface area contributed by atoms with Gasteiger partial charge in [-0.05, 0) is 38.5 Å². The van der Waals surface area contributed by atoms with Gasteiger partial charge in [0.2, 0.25) is 0 Å². The molecule has 3 bridgehead atoms. The number of quaternary nitrogens is 2. The Morgan fingerprint density at radius 3 is 1.02 bits per heavy atom. The first-order valence-corrected chi connectivity index (χ1v) is 25.0. The monoisotopic (exact) mass is 824 g/mol. The fourth-order valence-electron chi connectivity index (χ4n) is 7.12. The van der Waals surface area contributed by atoms with Crippen LogP contribution in [0.3, 0.4) is 0 Å². The molecule has 0 unspecified atom stereocenters. The number of carbonyl (C=O) groups is 6. The van der Waals surface area contributed by atoms with Crippen LogP contribution in [0.5, 0.6) is 0 Å². The molecular weight excluding hydrogens is 757 g/mol. The van der Waals surface area contributed by atoms with Crippen LogP contribution in [0.2, 0.25) is 0 Å². The first kappa shape index (κ1) is 46.4. The van der Waals surface area contributed by atoms with Crippen LogP contribution in [0, 0.1) is 0 Å². The summed E-state index contributed by atoms with van der Waals surface area (Å²) in [5.74, 6) is -8.95. The van der Waals surface area contributed by atoms with Crippen molar-refractivity contribution in [2.24, 2.45) is 0 Å². The third kappa shape index (κ3) is 11.6. The van der Waals surface area contributed by atoms with Gasteiger partial charge in [-0.1, -0.05) is 80.1 Å². The summed E-state index contributed by atoms with van der Waals surface area (Å²) in [5, 5.41) is 18.1. The zero-order valence-corrected chi connectivity index (χ0v) is 34.9. The van der Waals surface area contributed by atoms with E-state index in [4.69, 9.17) is 32.8 Å². The number of hydrogen-bond donors (Lipinski definition) is 4. The maximum atomic E-state index is 12.5. The molecule has 308 valence electrons. The van der Waals surface area contributed by atoms with Gasteiger partial charge >= 0.3 is 147 Å². The van der Waals surface area contributed by atoms with E-state index in [9.17, 15) is 28.8 Å². The Kier molecular flexibility index (Phi) is 17.2. The van der Waals surface area contributed by atoms with E-state index in [1.807, 2.05) is 9.80 Å². The average Bonchev–Trinajstić information content (AvgIpc) is 3.31. The zero-order valence-electron chi connectivity index (χ0n) is 32.8. The van der Waals surface area contributed by atoms with Gasteiger partial charge in [-0.3, -0.25) is 0 Å². The van der Waals surface area contributed by atoms with Gasteiger partial charge in [0.25, 0.3) is 0 Å². The van der Waals surface area contributed by atoms with Crippen LogP contribution in [0.4, 0.5) is 0 Å². The summed E-state index contributed by atoms with van der Waals surface area (Å²) in [7, 11) is 0. The second-order valence-corrected chi connectivity index (χ2v) is 22.6. The molecule has 2 atom stereocenters. The Hall–Kier alpha value is -2.80. The average molecular weight is 824 g/mol. The van der Waals surface area contributed by atoms with Crippen LogP contribution < -0.4 is 9.80 Å². The number of carboxylic acids is 2. The number of aliphatic carboxylic acids is 2. The molecule has 0 saturated carbocycles. The Bertz CT molecular complexity index is 1170. The topological polar surface area (TPSA) is 207 Å². The van der Waals surface area contributed by atoms with E-state index >= 15 is 0 Å². The summed E-state index contributed by atoms with van der Waals surface area (Å²) < 4.78 is 30.2. The fraction of sp³-hybridized carbons (Fsp3) is 0.833. The second-order valence-electron chi connectivity index (χ2n) is 14.8. The van der Waals surface area contributed by atoms with Crippen molar-refractivity contribution in [3.63, 3.8) is 0 Å². The SMILES string of the molecule is CCCC[NH+](CCCC)CCCC.CCCC[NH+](CCCC)CCCC.O=C(O)C[C@]12CC(=O)[O][Ge-2]34([O]C(=O)C[C@](CC(=O)O)([O]3)C(=O)[O]4)([O]C1=O)[O]2. The van der Waals surface area contributed by atoms with Crippen LogP contribution in [-0.2, 0) is 51.3 Å². The van der Waals surface area contributed by atoms with Crippen LogP contribution in [-0.4, -0.2) is 110 Å². The van der Waals surface area contributed by atoms with E-state index in [2.05, 4.69) is 41.5 Å². The molecule has 4 N–H and O–H groups in total. The van der Waals surface area contributed by atoms with E-state index in [0.717, 1.165) is 0 Å². The third-order valence-corrected chi connectivity index (χ3v) is 18.5. The first-order valence-electron chi connectivity index (χ1n) is 19.8. The molecule has 0 aliphatic carbocycles. The summed E-state index contributed by atoms with van der Waals surface area (Å²) in [6.45, 7) is 22.1. The number of hydrogen-bond acceptors (Lipinski definition) is 12. The molecule has 16 nitrogen and oxygen atoms in total. The summed E-state index contributed by atoms with van der Waals surface area (Å²) in [6.07, 6.45) is 12.4. The predicted molar refractivity (Wildman–Crippen MR) is 192 cm³/mol. The van der Waals surface area contributed by atoms with Crippen molar-refractivity contribution in [1.82, 2.24) is 0 Å². The standard InChI is InChI=1S/C12H10GeO14.2C12H27N/c14-5(15)1-11-3-7(18)22-13(26-11,24-9(11)20)23-8(19)4-12(27-13,2-6(16)17)10(21)25-13;2*1-4-7-10-13(11-8-5-2)12-9-6-3/h1-4H2,(H,14,15)(H,16,17);2*4-12H2,1-3H3/q-2;;/p+2/t11-,12-;;/m0../s1. The van der Waals surface area contributed by atoms with E-state index in [-0.39, 0.29) is 0 Å². The summed E-state index contributed by atoms with van der Waals surface area (Å²) >= 11 is -7.96. The third-order valence-electron chi connectivity index (χ3n) is 9.83. The minimum absolute atomic E-state index is 0.952. The van der Waals surface area contributed by atoms with Gasteiger partial charge in [-0.2, -0.15) is 0 Å². The second kappa shape index (κ2) is 19.7. The zero-order chi connectivity index (χ0) is 39.8. The van der Waals surface area contributed by atoms with E-state index in [1.165, 1.54) is 116 Å². The molecule has 4 heterocycles. The number of nitrogens with one attached hydrogen (secondary N) is 2. The van der Waals surface area contributed by atoms with Gasteiger partial charge in [0.05, 0.1) is 39.3 Å². The van der Waals surface area contributed by atoms with E-state index < -0.39 is 85.8 Å². The molecule has 4 aliphatic heterocycles. The van der Waals surface area contributed by atoms with Crippen molar-refractivity contribution in [2.75, 3.05) is 39.3 Å². The molecule has 4 saturated heterocycles. The summed E-state index contributed by atoms with van der Waals surface area (Å²) in [5.41, 5.74) is -5.08. The summed E-state index contributed by atoms with van der Waals surface area (Å²) in [6, 6.07) is 0. The normalized spacial score (nSPS) is 25.3. The van der Waals surface area contributed by atoms with Gasteiger partial charge < -0.3 is 9.80 Å². The molecule has 0 radical (unpaired) electrons. The van der Waals surface area contributed by atoms with Crippen LogP contribution in [0.1, 0.15) is 144 Å². The predicted octanol–water partition coefficient (Wildman–Crippen LogP) is 2.33. The molecule has 0 aromatic carbocycles. The molecule has 4 rings (SSSR count). The van der Waals surface area contributed by atoms with Crippen molar-refractivity contribution >= 4 is 48.9 Å². The van der Waals surface area contributed by atoms with Crippen molar-refractivity contribution < 1.29 is 71.4 Å². The Morgan fingerprint density at radius 2 is 0.792 bits per heavy atom.